The maximum Gasteiger partial charge on any atom is 0.250 e. The molecule has 0 spiro atoms. The summed E-state index contributed by atoms with van der Waals surface area (Å²) in [5, 5.41) is 14.4. The molecule has 1 amide bonds. The lowest BCUT2D eigenvalue weighted by Crippen LogP contribution is -2.49. The molecule has 0 saturated carbocycles. The molecule has 9 nitrogen and oxygen atoms in total. The zero-order chi connectivity index (χ0) is 22.8. The summed E-state index contributed by atoms with van der Waals surface area (Å²) in [4.78, 5) is 21.9. The SMILES string of the molecule is NC(=O)C1CNC1.O=C(CCCCCCc1nnc(-c2ccccc2F)o1)c1ccon1. The number of aryl methyl sites for hydroxylation is 1. The maximum atomic E-state index is 13.7. The van der Waals surface area contributed by atoms with E-state index in [0.29, 0.717) is 30.0 Å². The third-order valence-electron chi connectivity index (χ3n) is 5.02. The fourth-order valence-corrected chi connectivity index (χ4v) is 2.99. The van der Waals surface area contributed by atoms with Gasteiger partial charge in [0.05, 0.1) is 11.5 Å². The molecule has 170 valence electrons. The summed E-state index contributed by atoms with van der Waals surface area (Å²) in [6.07, 6.45) is 6.05. The minimum absolute atomic E-state index is 0.000167. The van der Waals surface area contributed by atoms with E-state index >= 15 is 0 Å². The first kappa shape index (κ1) is 23.3. The maximum absolute atomic E-state index is 13.7. The Morgan fingerprint density at radius 2 is 1.88 bits per heavy atom. The van der Waals surface area contributed by atoms with Crippen LogP contribution < -0.4 is 11.1 Å². The number of halogens is 1. The van der Waals surface area contributed by atoms with E-state index in [1.165, 1.54) is 12.3 Å². The molecule has 3 aromatic rings. The van der Waals surface area contributed by atoms with Gasteiger partial charge in [-0.3, -0.25) is 9.59 Å². The average molecular weight is 443 g/mol. The lowest BCUT2D eigenvalue weighted by molar-refractivity contribution is -0.123. The van der Waals surface area contributed by atoms with Gasteiger partial charge in [-0.2, -0.15) is 0 Å². The predicted molar refractivity (Wildman–Crippen MR) is 113 cm³/mol. The van der Waals surface area contributed by atoms with Crippen LogP contribution in [0, 0.1) is 11.7 Å². The molecule has 1 fully saturated rings. The lowest BCUT2D eigenvalue weighted by Gasteiger charge is -2.22. The minimum Gasteiger partial charge on any atom is -0.421 e. The number of carbonyl (C=O) groups excluding carboxylic acids is 2. The Kier molecular flexibility index (Phi) is 8.61. The second kappa shape index (κ2) is 11.8. The van der Waals surface area contributed by atoms with Gasteiger partial charge in [0, 0.05) is 32.0 Å². The van der Waals surface area contributed by atoms with Gasteiger partial charge in [-0.05, 0) is 25.0 Å². The zero-order valence-electron chi connectivity index (χ0n) is 17.6. The summed E-state index contributed by atoms with van der Waals surface area (Å²) in [5.74, 6) is 0.247. The molecule has 0 atom stereocenters. The molecule has 0 aliphatic carbocycles. The molecule has 3 N–H and O–H groups in total. The molecule has 10 heteroatoms. The second-order valence-corrected chi connectivity index (χ2v) is 7.46. The fraction of sp³-hybridized carbons (Fsp3) is 0.409. The molecule has 1 saturated heterocycles. The number of hydrogen-bond donors (Lipinski definition) is 2. The number of carbonyl (C=O) groups is 2. The molecule has 4 rings (SSSR count). The second-order valence-electron chi connectivity index (χ2n) is 7.46. The molecule has 1 aliphatic rings. The Hall–Kier alpha value is -3.40. The quantitative estimate of drug-likeness (QED) is 0.360. The van der Waals surface area contributed by atoms with Gasteiger partial charge in [-0.15, -0.1) is 10.2 Å². The van der Waals surface area contributed by atoms with Gasteiger partial charge >= 0.3 is 0 Å². The minimum atomic E-state index is -0.380. The van der Waals surface area contributed by atoms with Crippen molar-refractivity contribution < 1.29 is 22.9 Å². The highest BCUT2D eigenvalue weighted by Crippen LogP contribution is 2.21. The fourth-order valence-electron chi connectivity index (χ4n) is 2.99. The number of hydrogen-bond acceptors (Lipinski definition) is 8. The third-order valence-corrected chi connectivity index (χ3v) is 5.02. The Morgan fingerprint density at radius 3 is 2.50 bits per heavy atom. The highest BCUT2D eigenvalue weighted by Gasteiger charge is 2.21. The number of nitrogens with one attached hydrogen (secondary N) is 1. The third kappa shape index (κ3) is 6.81. The van der Waals surface area contributed by atoms with E-state index in [2.05, 4.69) is 25.2 Å². The number of nitrogens with two attached hydrogens (primary N) is 1. The summed E-state index contributed by atoms with van der Waals surface area (Å²) in [6.45, 7) is 1.55. The largest absolute Gasteiger partial charge is 0.421 e. The number of nitrogens with zero attached hydrogens (tertiary/aromatic N) is 3. The number of benzene rings is 1. The van der Waals surface area contributed by atoms with Crippen LogP contribution >= 0.6 is 0 Å². The van der Waals surface area contributed by atoms with E-state index in [0.717, 1.165) is 38.8 Å². The summed E-state index contributed by atoms with van der Waals surface area (Å²) in [5.41, 5.74) is 5.61. The van der Waals surface area contributed by atoms with E-state index in [9.17, 15) is 14.0 Å². The molecule has 32 heavy (non-hydrogen) atoms. The highest BCUT2D eigenvalue weighted by molar-refractivity contribution is 5.93. The number of unbranched alkanes of at least 4 members (excludes halogenated alkanes) is 3. The van der Waals surface area contributed by atoms with Crippen LogP contribution in [0.1, 0.15) is 48.5 Å². The van der Waals surface area contributed by atoms with Crippen molar-refractivity contribution in [3.8, 4) is 11.5 Å². The van der Waals surface area contributed by atoms with Gasteiger partial charge in [-0.25, -0.2) is 4.39 Å². The van der Waals surface area contributed by atoms with Crippen LogP contribution in [0.5, 0.6) is 0 Å². The van der Waals surface area contributed by atoms with Crippen molar-refractivity contribution >= 4 is 11.7 Å². The van der Waals surface area contributed by atoms with E-state index in [4.69, 9.17) is 10.2 Å². The summed E-state index contributed by atoms with van der Waals surface area (Å²) >= 11 is 0. The molecular weight excluding hydrogens is 417 g/mol. The molecule has 1 aromatic carbocycles. The molecule has 1 aliphatic heterocycles. The van der Waals surface area contributed by atoms with E-state index in [-0.39, 0.29) is 29.3 Å². The molecular formula is C22H26FN5O4. The average Bonchev–Trinajstić information content (AvgIpc) is 3.42. The van der Waals surface area contributed by atoms with Crippen LogP contribution in [0.15, 0.2) is 45.5 Å². The Morgan fingerprint density at radius 1 is 1.09 bits per heavy atom. The first-order chi connectivity index (χ1) is 15.5. The lowest BCUT2D eigenvalue weighted by atomic mass is 10.0. The van der Waals surface area contributed by atoms with Gasteiger partial charge in [0.2, 0.25) is 11.8 Å². The number of rotatable bonds is 10. The topological polar surface area (TPSA) is 137 Å². The van der Waals surface area contributed by atoms with Crippen LogP contribution in [-0.4, -0.2) is 40.1 Å². The first-order valence-corrected chi connectivity index (χ1v) is 10.6. The molecule has 2 aromatic heterocycles. The van der Waals surface area contributed by atoms with E-state index < -0.39 is 0 Å². The van der Waals surface area contributed by atoms with Crippen LogP contribution in [0.4, 0.5) is 4.39 Å². The summed E-state index contributed by atoms with van der Waals surface area (Å²) in [7, 11) is 0. The number of amides is 1. The molecule has 3 heterocycles. The highest BCUT2D eigenvalue weighted by atomic mass is 19.1. The monoisotopic (exact) mass is 443 g/mol. The zero-order valence-corrected chi connectivity index (χ0v) is 17.6. The Labute approximate surface area is 184 Å². The molecule has 0 radical (unpaired) electrons. The van der Waals surface area contributed by atoms with Crippen molar-refractivity contribution in [2.75, 3.05) is 13.1 Å². The predicted octanol–water partition coefficient (Wildman–Crippen LogP) is 2.93. The van der Waals surface area contributed by atoms with Gasteiger partial charge in [0.15, 0.2) is 5.78 Å². The van der Waals surface area contributed by atoms with Gasteiger partial charge in [0.1, 0.15) is 17.8 Å². The van der Waals surface area contributed by atoms with Crippen LogP contribution in [0.25, 0.3) is 11.5 Å². The first-order valence-electron chi connectivity index (χ1n) is 10.6. The molecule has 0 unspecified atom stereocenters. The van der Waals surface area contributed by atoms with Gasteiger partial charge in [-0.1, -0.05) is 30.1 Å². The Balaban J connectivity index is 0.000000352. The summed E-state index contributed by atoms with van der Waals surface area (Å²) in [6, 6.07) is 7.88. The van der Waals surface area contributed by atoms with Crippen molar-refractivity contribution in [3.05, 3.63) is 54.0 Å². The number of Topliss-reactive ketones (excluding diaryl/α,β-unsaturated/α-hetero) is 1. The summed E-state index contributed by atoms with van der Waals surface area (Å²) < 4.78 is 23.8. The van der Waals surface area contributed by atoms with Crippen molar-refractivity contribution in [2.24, 2.45) is 11.7 Å². The number of primary amides is 1. The number of ketones is 1. The van der Waals surface area contributed by atoms with Crippen LogP contribution in [0.2, 0.25) is 0 Å². The van der Waals surface area contributed by atoms with Gasteiger partial charge < -0.3 is 20.0 Å². The van der Waals surface area contributed by atoms with Crippen molar-refractivity contribution in [2.45, 2.75) is 38.5 Å². The molecule has 0 bridgehead atoms. The Bertz CT molecular complexity index is 1000. The smallest absolute Gasteiger partial charge is 0.250 e. The van der Waals surface area contributed by atoms with E-state index in [1.807, 2.05) is 0 Å². The standard InChI is InChI=1S/C18H18FN3O3.C4H8N2O/c19-14-8-6-5-7-13(14)18-21-20-17(25-18)10-4-2-1-3-9-16(23)15-11-12-24-22-15;5-4(7)3-1-6-2-3/h5-8,11-12H,1-4,9-10H2;3,6H,1-2H2,(H2,5,7). The number of aromatic nitrogens is 3. The van der Waals surface area contributed by atoms with Crippen LogP contribution in [0.3, 0.4) is 0 Å². The van der Waals surface area contributed by atoms with Crippen LogP contribution in [-0.2, 0) is 11.2 Å². The normalized spacial score (nSPS) is 13.2. The van der Waals surface area contributed by atoms with E-state index in [1.54, 1.807) is 24.3 Å². The van der Waals surface area contributed by atoms with Crippen molar-refractivity contribution in [1.82, 2.24) is 20.7 Å². The van der Waals surface area contributed by atoms with Crippen molar-refractivity contribution in [3.63, 3.8) is 0 Å². The van der Waals surface area contributed by atoms with Gasteiger partial charge in [0.25, 0.3) is 5.89 Å². The van der Waals surface area contributed by atoms with Crippen molar-refractivity contribution in [1.29, 1.82) is 0 Å².